The molecule has 5 heterocycles. The SMILES string of the molecule is COc1cc(C(=O)N2C[C@H](N)C[C@@H](F)C2)cn2nc(-c3cc4cccc(C5CCN(C(=O)[C@H]6CC[C@@H](O)CC6)CC5)c4n3CC3CC3)c(C)c12. The molecule has 11 heteroatoms. The van der Waals surface area contributed by atoms with E-state index in [4.69, 9.17) is 15.6 Å². The monoisotopic (exact) mass is 684 g/mol. The Hall–Kier alpha value is -3.96. The maximum Gasteiger partial charge on any atom is 0.255 e. The van der Waals surface area contributed by atoms with Gasteiger partial charge in [0.25, 0.3) is 5.91 Å². The van der Waals surface area contributed by atoms with E-state index in [0.717, 1.165) is 80.6 Å². The fourth-order valence-corrected chi connectivity index (χ4v) is 8.84. The molecule has 4 fully saturated rings. The van der Waals surface area contributed by atoms with Crippen LogP contribution in [0.4, 0.5) is 4.39 Å². The zero-order valence-electron chi connectivity index (χ0n) is 29.2. The molecule has 50 heavy (non-hydrogen) atoms. The van der Waals surface area contributed by atoms with Gasteiger partial charge in [-0.2, -0.15) is 5.10 Å². The number of aromatic nitrogens is 3. The number of pyridine rings is 1. The predicted molar refractivity (Wildman–Crippen MR) is 190 cm³/mol. The number of nitrogens with two attached hydrogens (primary N) is 1. The van der Waals surface area contributed by atoms with E-state index in [1.54, 1.807) is 23.9 Å². The van der Waals surface area contributed by atoms with Gasteiger partial charge in [-0.15, -0.1) is 0 Å². The molecule has 2 saturated carbocycles. The van der Waals surface area contributed by atoms with E-state index in [2.05, 4.69) is 40.7 Å². The Balaban J connectivity index is 1.12. The van der Waals surface area contributed by atoms with Crippen molar-refractivity contribution in [1.29, 1.82) is 0 Å². The van der Waals surface area contributed by atoms with Crippen molar-refractivity contribution < 1.29 is 23.8 Å². The fraction of sp³-hybridized carbons (Fsp3) is 0.564. The standard InChI is InChI=1S/C39H49FN6O4/c1-23-35(42-46-20-28(17-34(50-2)36(23)46)39(49)44-21-29(40)18-30(41)22-44)33-16-27-4-3-5-32(37(27)45(33)19-24-6-7-24)25-12-14-43(15-13-25)38(48)26-8-10-31(47)11-9-26/h3-5,16-17,20,24-26,29-31,47H,6-15,18-19,21-22,41H2,1-2H3/t26-,29-,30-,31+/m1/s1. The van der Waals surface area contributed by atoms with Gasteiger partial charge in [-0.1, -0.05) is 18.2 Å². The van der Waals surface area contributed by atoms with Crippen LogP contribution in [0.5, 0.6) is 5.75 Å². The normalized spacial score (nSPS) is 25.1. The number of amides is 2. The van der Waals surface area contributed by atoms with Crippen molar-refractivity contribution in [2.45, 2.75) is 95.5 Å². The number of carbonyl (C=O) groups excluding carboxylic acids is 2. The van der Waals surface area contributed by atoms with Gasteiger partial charge in [-0.25, -0.2) is 8.91 Å². The van der Waals surface area contributed by atoms with Gasteiger partial charge in [-0.05, 0) is 94.2 Å². The van der Waals surface area contributed by atoms with Crippen molar-refractivity contribution in [3.8, 4) is 17.1 Å². The molecule has 0 unspecified atom stereocenters. The second-order valence-corrected chi connectivity index (χ2v) is 15.3. The van der Waals surface area contributed by atoms with Crippen molar-refractivity contribution in [2.24, 2.45) is 17.6 Å². The number of carbonyl (C=O) groups is 2. The van der Waals surface area contributed by atoms with Gasteiger partial charge >= 0.3 is 0 Å². The minimum Gasteiger partial charge on any atom is -0.494 e. The summed E-state index contributed by atoms with van der Waals surface area (Å²) < 4.78 is 24.4. The smallest absolute Gasteiger partial charge is 0.255 e. The Labute approximate surface area is 292 Å². The van der Waals surface area contributed by atoms with Crippen molar-refractivity contribution in [3.63, 3.8) is 0 Å². The summed E-state index contributed by atoms with van der Waals surface area (Å²) >= 11 is 0. The Morgan fingerprint density at radius 2 is 1.76 bits per heavy atom. The van der Waals surface area contributed by atoms with E-state index in [0.29, 0.717) is 29.7 Å². The van der Waals surface area contributed by atoms with Crippen LogP contribution >= 0.6 is 0 Å². The van der Waals surface area contributed by atoms with E-state index in [-0.39, 0.29) is 36.8 Å². The number of aryl methyl sites for hydroxylation is 1. The third-order valence-electron chi connectivity index (χ3n) is 11.7. The molecular weight excluding hydrogens is 635 g/mol. The van der Waals surface area contributed by atoms with Crippen LogP contribution in [-0.4, -0.2) is 92.5 Å². The highest BCUT2D eigenvalue weighted by Crippen LogP contribution is 2.42. The summed E-state index contributed by atoms with van der Waals surface area (Å²) in [6, 6.07) is 10.2. The first-order valence-electron chi connectivity index (χ1n) is 18.5. The minimum absolute atomic E-state index is 0.0285. The summed E-state index contributed by atoms with van der Waals surface area (Å²) in [5, 5.41) is 16.2. The lowest BCUT2D eigenvalue weighted by Crippen LogP contribution is -2.50. The molecule has 3 aromatic heterocycles. The second kappa shape index (κ2) is 13.3. The molecule has 4 aromatic rings. The van der Waals surface area contributed by atoms with Gasteiger partial charge in [0.1, 0.15) is 23.1 Å². The number of halogens is 1. The number of benzene rings is 1. The minimum atomic E-state index is -1.14. The lowest BCUT2D eigenvalue weighted by Gasteiger charge is -2.36. The lowest BCUT2D eigenvalue weighted by molar-refractivity contribution is -0.138. The first-order valence-corrected chi connectivity index (χ1v) is 18.5. The number of para-hydroxylation sites is 1. The van der Waals surface area contributed by atoms with Crippen molar-refractivity contribution in [2.75, 3.05) is 33.3 Å². The maximum absolute atomic E-state index is 14.4. The molecule has 2 atom stereocenters. The number of alkyl halides is 1. The number of piperidine rings is 2. The largest absolute Gasteiger partial charge is 0.494 e. The van der Waals surface area contributed by atoms with E-state index < -0.39 is 12.2 Å². The third-order valence-corrected chi connectivity index (χ3v) is 11.7. The van der Waals surface area contributed by atoms with E-state index in [9.17, 15) is 19.1 Å². The Morgan fingerprint density at radius 3 is 2.46 bits per heavy atom. The number of rotatable bonds is 7. The molecule has 4 aliphatic rings. The third kappa shape index (κ3) is 6.16. The zero-order chi connectivity index (χ0) is 34.7. The molecule has 0 spiro atoms. The molecule has 1 aromatic carbocycles. The Morgan fingerprint density at radius 1 is 1.00 bits per heavy atom. The molecule has 2 saturated heterocycles. The molecule has 2 amide bonds. The molecule has 0 bridgehead atoms. The molecule has 3 N–H and O–H groups in total. The van der Waals surface area contributed by atoms with Crippen LogP contribution in [0, 0.1) is 18.8 Å². The van der Waals surface area contributed by atoms with Crippen LogP contribution < -0.4 is 10.5 Å². The number of nitrogens with zero attached hydrogens (tertiary/aromatic N) is 5. The van der Waals surface area contributed by atoms with Gasteiger partial charge < -0.3 is 29.9 Å². The first kappa shape index (κ1) is 33.2. The highest BCUT2D eigenvalue weighted by Gasteiger charge is 2.34. The Kier molecular flexibility index (Phi) is 8.83. The molecule has 2 aliphatic heterocycles. The van der Waals surface area contributed by atoms with E-state index in [1.165, 1.54) is 34.2 Å². The van der Waals surface area contributed by atoms with Crippen molar-refractivity contribution >= 4 is 28.2 Å². The fourth-order valence-electron chi connectivity index (χ4n) is 8.84. The average Bonchev–Trinajstić information content (AvgIpc) is 3.78. The molecule has 2 aliphatic carbocycles. The van der Waals surface area contributed by atoms with E-state index in [1.807, 2.05) is 0 Å². The molecule has 8 rings (SSSR count). The van der Waals surface area contributed by atoms with Crippen LogP contribution in [0.2, 0.25) is 0 Å². The molecule has 266 valence electrons. The molecular formula is C39H49FN6O4. The quantitative estimate of drug-likeness (QED) is 0.267. The highest BCUT2D eigenvalue weighted by molar-refractivity contribution is 5.96. The van der Waals surface area contributed by atoms with Crippen molar-refractivity contribution in [3.05, 3.63) is 53.2 Å². The molecule has 10 nitrogen and oxygen atoms in total. The number of aliphatic hydroxyl groups excluding tert-OH is 1. The highest BCUT2D eigenvalue weighted by atomic mass is 19.1. The predicted octanol–water partition coefficient (Wildman–Crippen LogP) is 5.45. The first-order chi connectivity index (χ1) is 24.2. The summed E-state index contributed by atoms with van der Waals surface area (Å²) in [6.07, 6.45) is 7.89. The second-order valence-electron chi connectivity index (χ2n) is 15.3. The number of ether oxygens (including phenoxy) is 1. The summed E-state index contributed by atoms with van der Waals surface area (Å²) in [4.78, 5) is 30.5. The number of methoxy groups -OCH3 is 1. The van der Waals surface area contributed by atoms with E-state index >= 15 is 0 Å². The number of hydrogen-bond donors (Lipinski definition) is 2. The van der Waals surface area contributed by atoms with Gasteiger partial charge in [0.2, 0.25) is 5.91 Å². The summed E-state index contributed by atoms with van der Waals surface area (Å²) in [5.41, 5.74) is 12.7. The van der Waals surface area contributed by atoms with Crippen LogP contribution in [0.15, 0.2) is 36.5 Å². The van der Waals surface area contributed by atoms with Crippen molar-refractivity contribution in [1.82, 2.24) is 24.0 Å². The zero-order valence-corrected chi connectivity index (χ0v) is 29.2. The van der Waals surface area contributed by atoms with Gasteiger partial charge in [0, 0.05) is 55.3 Å². The topological polar surface area (TPSA) is 118 Å². The number of fused-ring (bicyclic) bond motifs is 2. The van der Waals surface area contributed by atoms with Crippen LogP contribution in [0.3, 0.4) is 0 Å². The van der Waals surface area contributed by atoms with Gasteiger partial charge in [-0.3, -0.25) is 9.59 Å². The number of aliphatic hydroxyl groups is 1. The summed E-state index contributed by atoms with van der Waals surface area (Å²) in [7, 11) is 1.60. The van der Waals surface area contributed by atoms with Crippen LogP contribution in [0.25, 0.3) is 27.8 Å². The number of likely N-dealkylation sites (tertiary alicyclic amines) is 2. The van der Waals surface area contributed by atoms with Gasteiger partial charge in [0.15, 0.2) is 0 Å². The average molecular weight is 685 g/mol. The summed E-state index contributed by atoms with van der Waals surface area (Å²) in [6.45, 7) is 4.83. The lowest BCUT2D eigenvalue weighted by atomic mass is 9.84. The maximum atomic E-state index is 14.4. The van der Waals surface area contributed by atoms with Crippen LogP contribution in [0.1, 0.15) is 85.2 Å². The van der Waals surface area contributed by atoms with Crippen LogP contribution in [-0.2, 0) is 11.3 Å². The molecule has 0 radical (unpaired) electrons. The number of hydrogen-bond acceptors (Lipinski definition) is 6. The van der Waals surface area contributed by atoms with Gasteiger partial charge in [0.05, 0.1) is 36.5 Å². The summed E-state index contributed by atoms with van der Waals surface area (Å²) in [5.74, 6) is 1.54. The Bertz CT molecular complexity index is 1910.